The summed E-state index contributed by atoms with van der Waals surface area (Å²) in [5.74, 6) is 0.294. The Morgan fingerprint density at radius 3 is 2.17 bits per heavy atom. The summed E-state index contributed by atoms with van der Waals surface area (Å²) in [5.41, 5.74) is 2.18. The van der Waals surface area contributed by atoms with Crippen LogP contribution in [0.25, 0.3) is 0 Å². The van der Waals surface area contributed by atoms with E-state index in [0.29, 0.717) is 30.3 Å². The molecule has 0 aromatic heterocycles. The lowest BCUT2D eigenvalue weighted by Crippen LogP contribution is -2.51. The molecule has 0 unspecified atom stereocenters. The zero-order valence-corrected chi connectivity index (χ0v) is 24.6. The minimum atomic E-state index is -3.95. The van der Waals surface area contributed by atoms with E-state index in [1.165, 1.54) is 20.7 Å². The summed E-state index contributed by atoms with van der Waals surface area (Å²) in [6.07, 6.45) is 0.663. The fourth-order valence-corrected chi connectivity index (χ4v) is 7.79. The number of hydrogen-bond acceptors (Lipinski definition) is 7. The minimum absolute atomic E-state index is 0.123. The van der Waals surface area contributed by atoms with E-state index in [0.717, 1.165) is 24.0 Å². The Morgan fingerprint density at radius 1 is 0.878 bits per heavy atom. The lowest BCUT2D eigenvalue weighted by Gasteiger charge is -2.35. The molecule has 1 amide bonds. The van der Waals surface area contributed by atoms with Crippen molar-refractivity contribution in [3.05, 3.63) is 77.9 Å². The summed E-state index contributed by atoms with van der Waals surface area (Å²) >= 11 is 0. The van der Waals surface area contributed by atoms with Gasteiger partial charge in [0.2, 0.25) is 10.0 Å². The Kier molecular flexibility index (Phi) is 8.25. The van der Waals surface area contributed by atoms with Crippen molar-refractivity contribution in [2.75, 3.05) is 37.1 Å². The van der Waals surface area contributed by atoms with E-state index in [4.69, 9.17) is 9.47 Å². The summed E-state index contributed by atoms with van der Waals surface area (Å²) in [4.78, 5) is 13.4. The van der Waals surface area contributed by atoms with E-state index in [1.54, 1.807) is 54.6 Å². The molecule has 0 bridgehead atoms. The zero-order valence-electron chi connectivity index (χ0n) is 22.9. The third kappa shape index (κ3) is 6.19. The smallest absolute Gasteiger partial charge is 0.264 e. The molecule has 12 heteroatoms. The first-order valence-electron chi connectivity index (χ1n) is 13.4. The van der Waals surface area contributed by atoms with Gasteiger partial charge in [-0.2, -0.15) is 4.31 Å². The van der Waals surface area contributed by atoms with Crippen molar-refractivity contribution in [2.24, 2.45) is 0 Å². The van der Waals surface area contributed by atoms with E-state index in [1.807, 2.05) is 13.8 Å². The summed E-state index contributed by atoms with van der Waals surface area (Å²) in [6.45, 7) is 4.87. The molecular weight excluding hydrogens is 566 g/mol. The Labute approximate surface area is 241 Å². The second-order valence-corrected chi connectivity index (χ2v) is 13.9. The number of anilines is 1. The molecule has 10 nitrogen and oxygen atoms in total. The molecule has 2 aliphatic rings. The third-order valence-corrected chi connectivity index (χ3v) is 10.8. The van der Waals surface area contributed by atoms with Crippen LogP contribution in [0.3, 0.4) is 0 Å². The van der Waals surface area contributed by atoms with Crippen LogP contribution in [0.2, 0.25) is 0 Å². The lowest BCUT2D eigenvalue weighted by molar-refractivity contribution is -0.127. The van der Waals surface area contributed by atoms with Gasteiger partial charge >= 0.3 is 0 Å². The Hall–Kier alpha value is -3.61. The molecule has 5 rings (SSSR count). The summed E-state index contributed by atoms with van der Waals surface area (Å²) < 4.78 is 66.9. The van der Waals surface area contributed by atoms with Gasteiger partial charge in [0, 0.05) is 13.1 Å². The van der Waals surface area contributed by atoms with Crippen molar-refractivity contribution in [1.29, 1.82) is 0 Å². The molecular formula is C29H33N3O7S2. The van der Waals surface area contributed by atoms with Crippen LogP contribution in [0.1, 0.15) is 24.0 Å². The van der Waals surface area contributed by atoms with Crippen LogP contribution in [0.15, 0.2) is 76.5 Å². The number of nitrogens with zero attached hydrogens (tertiary/aromatic N) is 2. The Morgan fingerprint density at radius 2 is 1.49 bits per heavy atom. The summed E-state index contributed by atoms with van der Waals surface area (Å²) in [6, 6.07) is 18.0. The van der Waals surface area contributed by atoms with Crippen molar-refractivity contribution < 1.29 is 31.1 Å². The number of ether oxygens (including phenoxy) is 2. The molecule has 1 N–H and O–H groups in total. The number of benzene rings is 3. The molecule has 2 aliphatic heterocycles. The molecule has 41 heavy (non-hydrogen) atoms. The maximum atomic E-state index is 13.6. The van der Waals surface area contributed by atoms with Crippen LogP contribution in [0.4, 0.5) is 5.69 Å². The van der Waals surface area contributed by atoms with Gasteiger partial charge in [-0.1, -0.05) is 23.8 Å². The number of rotatable bonds is 9. The fraction of sp³-hybridized carbons (Fsp3) is 0.345. The van der Waals surface area contributed by atoms with Gasteiger partial charge in [0.15, 0.2) is 6.10 Å². The Balaban J connectivity index is 1.21. The highest BCUT2D eigenvalue weighted by Gasteiger charge is 2.37. The first kappa shape index (κ1) is 28.9. The predicted molar refractivity (Wildman–Crippen MR) is 154 cm³/mol. The molecule has 1 saturated heterocycles. The normalized spacial score (nSPS) is 17.5. The van der Waals surface area contributed by atoms with E-state index in [-0.39, 0.29) is 29.5 Å². The SMILES string of the molecule is Cc1ccc(S(=O)(=O)N2C[C@@H](C(=O)NCCOc3ccc(S(=O)(=O)N4CCCC4)cc3)Oc3ccc(C)cc32)cc1. The first-order valence-corrected chi connectivity index (χ1v) is 16.3. The number of carbonyl (C=O) groups is 1. The molecule has 0 aliphatic carbocycles. The highest BCUT2D eigenvalue weighted by Crippen LogP contribution is 2.37. The summed E-state index contributed by atoms with van der Waals surface area (Å²) in [5, 5.41) is 2.74. The number of hydrogen-bond donors (Lipinski definition) is 1. The lowest BCUT2D eigenvalue weighted by atomic mass is 10.1. The first-order chi connectivity index (χ1) is 19.6. The van der Waals surface area contributed by atoms with Gasteiger partial charge in [-0.25, -0.2) is 16.8 Å². The number of sulfonamides is 2. The second kappa shape index (κ2) is 11.7. The zero-order chi connectivity index (χ0) is 29.2. The fourth-order valence-electron chi connectivity index (χ4n) is 4.81. The van der Waals surface area contributed by atoms with Gasteiger partial charge < -0.3 is 14.8 Å². The molecule has 0 radical (unpaired) electrons. The van der Waals surface area contributed by atoms with Gasteiger partial charge in [-0.15, -0.1) is 0 Å². The Bertz CT molecular complexity index is 1620. The van der Waals surface area contributed by atoms with Crippen molar-refractivity contribution in [1.82, 2.24) is 9.62 Å². The van der Waals surface area contributed by atoms with Crippen molar-refractivity contribution >= 4 is 31.6 Å². The molecule has 0 spiro atoms. The van der Waals surface area contributed by atoms with Gasteiger partial charge in [0.25, 0.3) is 15.9 Å². The second-order valence-electron chi connectivity index (χ2n) is 10.1. The predicted octanol–water partition coefficient (Wildman–Crippen LogP) is 3.24. The van der Waals surface area contributed by atoms with E-state index >= 15 is 0 Å². The number of aryl methyl sites for hydroxylation is 2. The number of nitrogens with one attached hydrogen (secondary N) is 1. The van der Waals surface area contributed by atoms with Gasteiger partial charge in [-0.05, 0) is 80.8 Å². The maximum Gasteiger partial charge on any atom is 0.264 e. The summed E-state index contributed by atoms with van der Waals surface area (Å²) in [7, 11) is -7.46. The molecule has 1 atom stereocenters. The molecule has 1 fully saturated rings. The molecule has 2 heterocycles. The minimum Gasteiger partial charge on any atom is -0.492 e. The molecule has 0 saturated carbocycles. The molecule has 3 aromatic rings. The molecule has 3 aromatic carbocycles. The highest BCUT2D eigenvalue weighted by atomic mass is 32.2. The van der Waals surface area contributed by atoms with Crippen LogP contribution in [0, 0.1) is 13.8 Å². The number of fused-ring (bicyclic) bond motifs is 1. The van der Waals surface area contributed by atoms with Crippen LogP contribution in [-0.4, -0.2) is 65.9 Å². The van der Waals surface area contributed by atoms with Gasteiger partial charge in [0.05, 0.1) is 28.6 Å². The van der Waals surface area contributed by atoms with E-state index < -0.39 is 32.1 Å². The number of amides is 1. The monoisotopic (exact) mass is 599 g/mol. The van der Waals surface area contributed by atoms with E-state index in [9.17, 15) is 21.6 Å². The standard InChI is InChI=1S/C29H33N3O7S2/c1-21-5-10-25(11-6-21)41(36,37)32-20-28(39-27-14-7-22(2)19-26(27)32)29(33)30-15-18-38-23-8-12-24(13-9-23)40(34,35)31-16-3-4-17-31/h5-14,19,28H,3-4,15-18,20H2,1-2H3,(H,30,33)/t28-/m0/s1. The van der Waals surface area contributed by atoms with Crippen molar-refractivity contribution in [2.45, 2.75) is 42.6 Å². The van der Waals surface area contributed by atoms with E-state index in [2.05, 4.69) is 5.32 Å². The number of carbonyl (C=O) groups excluding carboxylic acids is 1. The third-order valence-electron chi connectivity index (χ3n) is 7.08. The van der Waals surface area contributed by atoms with Crippen molar-refractivity contribution in [3.63, 3.8) is 0 Å². The van der Waals surface area contributed by atoms with Gasteiger partial charge in [0.1, 0.15) is 18.1 Å². The van der Waals surface area contributed by atoms with Crippen LogP contribution < -0.4 is 19.1 Å². The average molecular weight is 600 g/mol. The maximum absolute atomic E-state index is 13.6. The van der Waals surface area contributed by atoms with Crippen molar-refractivity contribution in [3.8, 4) is 11.5 Å². The topological polar surface area (TPSA) is 122 Å². The molecule has 218 valence electrons. The quantitative estimate of drug-likeness (QED) is 0.375. The van der Waals surface area contributed by atoms with Crippen LogP contribution >= 0.6 is 0 Å². The van der Waals surface area contributed by atoms with Crippen LogP contribution in [0.5, 0.6) is 11.5 Å². The average Bonchev–Trinajstić information content (AvgIpc) is 3.51. The van der Waals surface area contributed by atoms with Crippen LogP contribution in [-0.2, 0) is 24.8 Å². The van der Waals surface area contributed by atoms with Gasteiger partial charge in [-0.3, -0.25) is 9.10 Å². The largest absolute Gasteiger partial charge is 0.492 e. The highest BCUT2D eigenvalue weighted by molar-refractivity contribution is 7.92.